The van der Waals surface area contributed by atoms with Crippen molar-refractivity contribution in [3.05, 3.63) is 116 Å². The Bertz CT molecular complexity index is 2010. The first-order chi connectivity index (χ1) is 19.7. The maximum absolute atomic E-state index is 16.2. The Morgan fingerprint density at radius 1 is 0.850 bits per heavy atom. The number of H-pyrrole nitrogens is 2. The van der Waals surface area contributed by atoms with Crippen LogP contribution in [0.25, 0.3) is 61.7 Å². The molecule has 192 valence electrons. The molecule has 7 rings (SSSR count). The summed E-state index contributed by atoms with van der Waals surface area (Å²) in [5.74, 6) is -0.0825. The van der Waals surface area contributed by atoms with Gasteiger partial charge in [-0.3, -0.25) is 20.1 Å². The number of benzene rings is 2. The van der Waals surface area contributed by atoms with Gasteiger partial charge in [0, 0.05) is 29.2 Å². The number of anilines is 1. The number of nitrogens with one attached hydrogen (secondary N) is 3. The molecule has 0 amide bonds. The van der Waals surface area contributed by atoms with Crippen molar-refractivity contribution in [1.82, 2.24) is 35.1 Å². The van der Waals surface area contributed by atoms with Crippen LogP contribution in [-0.2, 0) is 0 Å². The molecule has 40 heavy (non-hydrogen) atoms. The lowest BCUT2D eigenvalue weighted by atomic mass is 10.1. The van der Waals surface area contributed by atoms with E-state index in [1.807, 2.05) is 66.7 Å². The Morgan fingerprint density at radius 3 is 2.58 bits per heavy atom. The zero-order valence-corrected chi connectivity index (χ0v) is 21.1. The van der Waals surface area contributed by atoms with E-state index < -0.39 is 5.82 Å². The predicted octanol–water partition coefficient (Wildman–Crippen LogP) is 6.85. The van der Waals surface area contributed by atoms with E-state index in [1.54, 1.807) is 30.9 Å². The number of hydrogen-bond acceptors (Lipinski definition) is 6. The monoisotopic (exact) mass is 524 g/mol. The van der Waals surface area contributed by atoms with E-state index in [-0.39, 0.29) is 11.1 Å². The first kappa shape index (κ1) is 23.4. The van der Waals surface area contributed by atoms with Crippen molar-refractivity contribution in [2.24, 2.45) is 0 Å². The molecule has 0 unspecified atom stereocenters. The number of hydrogen-bond donors (Lipinski definition) is 3. The molecule has 0 bridgehead atoms. The van der Waals surface area contributed by atoms with E-state index in [0.29, 0.717) is 34.0 Å². The minimum atomic E-state index is -0.521. The van der Waals surface area contributed by atoms with Gasteiger partial charge in [-0.25, -0.2) is 9.37 Å². The molecule has 0 saturated heterocycles. The lowest BCUT2D eigenvalue weighted by Gasteiger charge is -2.11. The second kappa shape index (κ2) is 9.55. The molecule has 0 fully saturated rings. The number of aromatic amines is 2. The summed E-state index contributed by atoms with van der Waals surface area (Å²) in [6.07, 6.45) is 6.54. The van der Waals surface area contributed by atoms with Crippen LogP contribution < -0.4 is 5.32 Å². The van der Waals surface area contributed by atoms with Gasteiger partial charge in [0.25, 0.3) is 0 Å². The molecular formula is C31H21FN8. The van der Waals surface area contributed by atoms with E-state index in [2.05, 4.69) is 42.0 Å². The van der Waals surface area contributed by atoms with Gasteiger partial charge in [0.05, 0.1) is 45.7 Å². The number of nitrogens with zero attached hydrogens (tertiary/aromatic N) is 5. The fourth-order valence-electron chi connectivity index (χ4n) is 4.74. The van der Waals surface area contributed by atoms with Gasteiger partial charge in [-0.2, -0.15) is 5.10 Å². The van der Waals surface area contributed by atoms with Crippen LogP contribution in [0, 0.1) is 5.82 Å². The van der Waals surface area contributed by atoms with Crippen molar-refractivity contribution < 1.29 is 4.39 Å². The van der Waals surface area contributed by atoms with Crippen molar-refractivity contribution >= 4 is 33.3 Å². The van der Waals surface area contributed by atoms with E-state index in [0.717, 1.165) is 27.9 Å². The molecule has 2 aromatic carbocycles. The van der Waals surface area contributed by atoms with Gasteiger partial charge in [-0.15, -0.1) is 0 Å². The average Bonchev–Trinajstić information content (AvgIpc) is 3.63. The average molecular weight is 525 g/mol. The summed E-state index contributed by atoms with van der Waals surface area (Å²) < 4.78 is 16.2. The minimum Gasteiger partial charge on any atom is -0.354 e. The number of aromatic nitrogens is 7. The molecule has 7 aromatic rings. The zero-order chi connectivity index (χ0) is 27.1. The quantitative estimate of drug-likeness (QED) is 0.220. The number of imidazole rings is 1. The molecule has 3 N–H and O–H groups in total. The highest BCUT2D eigenvalue weighted by Crippen LogP contribution is 2.34. The topological polar surface area (TPSA) is 108 Å². The van der Waals surface area contributed by atoms with Crippen LogP contribution in [0.4, 0.5) is 10.1 Å². The maximum atomic E-state index is 16.2. The third kappa shape index (κ3) is 4.06. The maximum Gasteiger partial charge on any atom is 0.161 e. The molecule has 0 atom stereocenters. The summed E-state index contributed by atoms with van der Waals surface area (Å²) in [5.41, 5.74) is 6.99. The molecule has 8 nitrogen and oxygen atoms in total. The van der Waals surface area contributed by atoms with E-state index in [1.165, 1.54) is 0 Å². The van der Waals surface area contributed by atoms with E-state index in [4.69, 9.17) is 4.98 Å². The van der Waals surface area contributed by atoms with Crippen LogP contribution in [0.2, 0.25) is 0 Å². The Morgan fingerprint density at radius 2 is 1.73 bits per heavy atom. The lowest BCUT2D eigenvalue weighted by molar-refractivity contribution is 0.638. The van der Waals surface area contributed by atoms with Crippen LogP contribution in [0.15, 0.2) is 104 Å². The number of para-hydroxylation sites is 1. The molecule has 9 heteroatoms. The number of rotatable bonds is 6. The molecule has 0 radical (unpaired) electrons. The fraction of sp³-hybridized carbons (Fsp3) is 0. The second-order valence-electron chi connectivity index (χ2n) is 9.22. The van der Waals surface area contributed by atoms with Gasteiger partial charge in [-0.05, 0) is 29.8 Å². The molecule has 0 saturated carbocycles. The Labute approximate surface area is 227 Å². The summed E-state index contributed by atoms with van der Waals surface area (Å²) in [5, 5.41) is 10.8. The number of halogens is 1. The zero-order valence-electron chi connectivity index (χ0n) is 21.1. The summed E-state index contributed by atoms with van der Waals surface area (Å²) in [7, 11) is 0. The fourth-order valence-corrected chi connectivity index (χ4v) is 4.74. The summed E-state index contributed by atoms with van der Waals surface area (Å²) in [6, 6.07) is 23.1. The van der Waals surface area contributed by atoms with Gasteiger partial charge < -0.3 is 10.3 Å². The van der Waals surface area contributed by atoms with Crippen molar-refractivity contribution in [3.8, 4) is 34.0 Å². The van der Waals surface area contributed by atoms with E-state index in [9.17, 15) is 0 Å². The van der Waals surface area contributed by atoms with Crippen LogP contribution in [-0.4, -0.2) is 35.1 Å². The summed E-state index contributed by atoms with van der Waals surface area (Å²) >= 11 is 0. The first-order valence-corrected chi connectivity index (χ1v) is 12.6. The van der Waals surface area contributed by atoms with Crippen LogP contribution >= 0.6 is 0 Å². The van der Waals surface area contributed by atoms with Crippen LogP contribution in [0.1, 0.15) is 5.56 Å². The van der Waals surface area contributed by atoms with Gasteiger partial charge in [0.1, 0.15) is 11.4 Å². The molecular weight excluding hydrogens is 503 g/mol. The number of pyridine rings is 3. The lowest BCUT2D eigenvalue weighted by Crippen LogP contribution is -1.99. The smallest absolute Gasteiger partial charge is 0.161 e. The van der Waals surface area contributed by atoms with E-state index >= 15 is 4.39 Å². The Balaban J connectivity index is 1.29. The standard InChI is InChI=1S/C31H21FN8/c1-18(19-8-3-2-4-9-19)36-21-14-20(15-33-16-21)28-27(32)26-25(17-35-28)39-40-30(26)31-37-24-12-7-10-22(29(24)38-31)23-11-5-6-13-34-23/h2-17,36H,1H2,(H,37,38)(H,39,40). The predicted molar refractivity (Wildman–Crippen MR) is 154 cm³/mol. The highest BCUT2D eigenvalue weighted by molar-refractivity contribution is 5.98. The Kier molecular flexibility index (Phi) is 5.59. The summed E-state index contributed by atoms with van der Waals surface area (Å²) in [6.45, 7) is 4.11. The van der Waals surface area contributed by atoms with Crippen molar-refractivity contribution in [2.75, 3.05) is 5.32 Å². The molecule has 5 aromatic heterocycles. The molecule has 0 aliphatic carbocycles. The van der Waals surface area contributed by atoms with Gasteiger partial charge in [-0.1, -0.05) is 55.1 Å². The Hall–Kier alpha value is -5.70. The molecule has 0 aliphatic heterocycles. The normalized spacial score (nSPS) is 11.2. The minimum absolute atomic E-state index is 0.155. The largest absolute Gasteiger partial charge is 0.354 e. The van der Waals surface area contributed by atoms with Crippen LogP contribution in [0.5, 0.6) is 0 Å². The van der Waals surface area contributed by atoms with Crippen molar-refractivity contribution in [1.29, 1.82) is 0 Å². The second-order valence-corrected chi connectivity index (χ2v) is 9.22. The number of fused-ring (bicyclic) bond motifs is 2. The summed E-state index contributed by atoms with van der Waals surface area (Å²) in [4.78, 5) is 21.2. The first-order valence-electron chi connectivity index (χ1n) is 12.6. The SMILES string of the molecule is C=C(Nc1cncc(-c2ncc3[nH]nc(-c4nc5c(-c6ccccn6)cccc5[nH]4)c3c2F)c1)c1ccccc1. The van der Waals surface area contributed by atoms with Gasteiger partial charge in [0.15, 0.2) is 11.6 Å². The van der Waals surface area contributed by atoms with Crippen molar-refractivity contribution in [2.45, 2.75) is 0 Å². The third-order valence-corrected chi connectivity index (χ3v) is 6.65. The van der Waals surface area contributed by atoms with Gasteiger partial charge >= 0.3 is 0 Å². The third-order valence-electron chi connectivity index (χ3n) is 6.65. The molecule has 0 aliphatic rings. The van der Waals surface area contributed by atoms with Crippen LogP contribution in [0.3, 0.4) is 0 Å². The van der Waals surface area contributed by atoms with Crippen molar-refractivity contribution in [3.63, 3.8) is 0 Å². The molecule has 0 spiro atoms. The molecule has 5 heterocycles. The highest BCUT2D eigenvalue weighted by Gasteiger charge is 2.21. The highest BCUT2D eigenvalue weighted by atomic mass is 19.1. The van der Waals surface area contributed by atoms with Gasteiger partial charge in [0.2, 0.25) is 0 Å².